The number of pyridine rings is 1. The summed E-state index contributed by atoms with van der Waals surface area (Å²) in [5, 5.41) is 4.81. The van der Waals surface area contributed by atoms with E-state index in [9.17, 15) is 4.79 Å². The van der Waals surface area contributed by atoms with Crippen molar-refractivity contribution in [2.75, 3.05) is 25.6 Å². The number of methoxy groups -OCH3 is 1. The Morgan fingerprint density at radius 1 is 1.30 bits per heavy atom. The van der Waals surface area contributed by atoms with Crippen molar-refractivity contribution < 1.29 is 14.3 Å². The van der Waals surface area contributed by atoms with Gasteiger partial charge in [-0.1, -0.05) is 6.42 Å². The van der Waals surface area contributed by atoms with Gasteiger partial charge < -0.3 is 14.8 Å². The zero-order valence-corrected chi connectivity index (χ0v) is 14.0. The molecule has 2 atom stereocenters. The molecule has 1 fully saturated rings. The van der Waals surface area contributed by atoms with Gasteiger partial charge in [-0.15, -0.1) is 0 Å². The fourth-order valence-corrected chi connectivity index (χ4v) is 2.69. The van der Waals surface area contributed by atoms with Gasteiger partial charge in [-0.05, 0) is 32.8 Å². The molecule has 0 spiro atoms. The molecule has 7 nitrogen and oxygen atoms in total. The van der Waals surface area contributed by atoms with E-state index in [1.165, 1.54) is 6.42 Å². The third-order valence-electron chi connectivity index (χ3n) is 3.96. The van der Waals surface area contributed by atoms with E-state index >= 15 is 0 Å². The highest BCUT2D eigenvalue weighted by atomic mass is 16.5. The zero-order valence-electron chi connectivity index (χ0n) is 14.0. The lowest BCUT2D eigenvalue weighted by Gasteiger charge is -2.38. The maximum absolute atomic E-state index is 12.1. The zero-order chi connectivity index (χ0) is 16.7. The minimum Gasteiger partial charge on any atom is -0.475 e. The second-order valence-corrected chi connectivity index (χ2v) is 5.83. The Morgan fingerprint density at radius 2 is 2.04 bits per heavy atom. The van der Waals surface area contributed by atoms with Crippen LogP contribution in [0.25, 0.3) is 0 Å². The monoisotopic (exact) mass is 322 g/mol. The van der Waals surface area contributed by atoms with Crippen molar-refractivity contribution >= 4 is 11.7 Å². The number of piperidine rings is 1. The van der Waals surface area contributed by atoms with Gasteiger partial charge in [0.1, 0.15) is 6.61 Å². The second kappa shape index (κ2) is 8.69. The van der Waals surface area contributed by atoms with Crippen LogP contribution in [0.4, 0.5) is 10.5 Å². The van der Waals surface area contributed by atoms with Crippen LogP contribution in [-0.4, -0.2) is 48.4 Å². The van der Waals surface area contributed by atoms with E-state index in [2.05, 4.69) is 29.6 Å². The highest BCUT2D eigenvalue weighted by Crippen LogP contribution is 2.20. The standard InChI is InChI=1S/C16H26N4O3/c1-12-5-4-6-13(2)20(12)19-16(21)18-14-7-8-15(17-11-14)23-10-9-22-3/h7-8,11-13H,4-6,9-10H2,1-3H3,(H2,18,19,21)/t12-,13-/m0/s1. The van der Waals surface area contributed by atoms with Crippen LogP contribution in [-0.2, 0) is 4.74 Å². The lowest BCUT2D eigenvalue weighted by Crippen LogP contribution is -2.55. The molecule has 1 aromatic heterocycles. The predicted octanol–water partition coefficient (Wildman–Crippen LogP) is 2.41. The number of aromatic nitrogens is 1. The molecule has 1 aromatic rings. The van der Waals surface area contributed by atoms with Crippen LogP contribution < -0.4 is 15.5 Å². The van der Waals surface area contributed by atoms with E-state index in [0.29, 0.717) is 36.9 Å². The molecule has 0 saturated carbocycles. The summed E-state index contributed by atoms with van der Waals surface area (Å²) < 4.78 is 10.3. The fourth-order valence-electron chi connectivity index (χ4n) is 2.69. The van der Waals surface area contributed by atoms with Crippen molar-refractivity contribution in [2.45, 2.75) is 45.2 Å². The topological polar surface area (TPSA) is 75.7 Å². The minimum atomic E-state index is -0.250. The Balaban J connectivity index is 1.82. The minimum absolute atomic E-state index is 0.250. The van der Waals surface area contributed by atoms with Crippen LogP contribution in [0.5, 0.6) is 5.88 Å². The number of hydrogen-bond donors (Lipinski definition) is 2. The SMILES string of the molecule is COCCOc1ccc(NC(=O)NN2[C@@H](C)CCC[C@@H]2C)cn1. The number of ether oxygens (including phenoxy) is 2. The maximum Gasteiger partial charge on any atom is 0.333 e. The number of amides is 2. The number of anilines is 1. The summed E-state index contributed by atoms with van der Waals surface area (Å²) in [5.41, 5.74) is 3.56. The molecule has 2 N–H and O–H groups in total. The average Bonchev–Trinajstić information content (AvgIpc) is 2.53. The normalized spacial score (nSPS) is 21.7. The molecule has 0 unspecified atom stereocenters. The Labute approximate surface area is 137 Å². The van der Waals surface area contributed by atoms with Crippen LogP contribution >= 0.6 is 0 Å². The van der Waals surface area contributed by atoms with Gasteiger partial charge in [0.2, 0.25) is 5.88 Å². The number of hydrazine groups is 1. The summed E-state index contributed by atoms with van der Waals surface area (Å²) in [6.45, 7) is 5.21. The first-order valence-electron chi connectivity index (χ1n) is 8.04. The first-order valence-corrected chi connectivity index (χ1v) is 8.04. The molecule has 128 valence electrons. The molecular weight excluding hydrogens is 296 g/mol. The number of rotatable bonds is 6. The van der Waals surface area contributed by atoms with Crippen molar-refractivity contribution in [3.05, 3.63) is 18.3 Å². The van der Waals surface area contributed by atoms with Crippen molar-refractivity contribution in [1.29, 1.82) is 0 Å². The van der Waals surface area contributed by atoms with Gasteiger partial charge in [-0.2, -0.15) is 0 Å². The van der Waals surface area contributed by atoms with Gasteiger partial charge in [0.15, 0.2) is 0 Å². The number of urea groups is 1. The summed E-state index contributed by atoms with van der Waals surface area (Å²) in [6.07, 6.45) is 4.97. The molecule has 2 amide bonds. The first kappa shape index (κ1) is 17.5. The number of carbonyl (C=O) groups is 1. The van der Waals surface area contributed by atoms with Crippen molar-refractivity contribution in [3.8, 4) is 5.88 Å². The van der Waals surface area contributed by atoms with E-state index in [0.717, 1.165) is 12.8 Å². The molecular formula is C16H26N4O3. The highest BCUT2D eigenvalue weighted by Gasteiger charge is 2.26. The maximum atomic E-state index is 12.1. The second-order valence-electron chi connectivity index (χ2n) is 5.83. The molecule has 1 aliphatic rings. The Kier molecular flexibility index (Phi) is 6.61. The Morgan fingerprint density at radius 3 is 2.65 bits per heavy atom. The predicted molar refractivity (Wildman–Crippen MR) is 88.4 cm³/mol. The van der Waals surface area contributed by atoms with Gasteiger partial charge in [0.25, 0.3) is 0 Å². The van der Waals surface area contributed by atoms with E-state index < -0.39 is 0 Å². The number of carbonyl (C=O) groups excluding carboxylic acids is 1. The van der Waals surface area contributed by atoms with Gasteiger partial charge in [-0.3, -0.25) is 5.43 Å². The summed E-state index contributed by atoms with van der Waals surface area (Å²) in [5.74, 6) is 0.506. The molecule has 2 rings (SSSR count). The summed E-state index contributed by atoms with van der Waals surface area (Å²) in [7, 11) is 1.62. The molecule has 1 saturated heterocycles. The smallest absolute Gasteiger partial charge is 0.333 e. The summed E-state index contributed by atoms with van der Waals surface area (Å²) in [4.78, 5) is 16.3. The fraction of sp³-hybridized carbons (Fsp3) is 0.625. The van der Waals surface area contributed by atoms with Crippen LogP contribution in [0.1, 0.15) is 33.1 Å². The molecule has 0 aromatic carbocycles. The lowest BCUT2D eigenvalue weighted by molar-refractivity contribution is 0.0625. The molecule has 0 radical (unpaired) electrons. The summed E-state index contributed by atoms with van der Waals surface area (Å²) >= 11 is 0. The molecule has 7 heteroatoms. The van der Waals surface area contributed by atoms with Crippen molar-refractivity contribution in [3.63, 3.8) is 0 Å². The molecule has 0 aliphatic carbocycles. The quantitative estimate of drug-likeness (QED) is 0.787. The van der Waals surface area contributed by atoms with E-state index in [1.54, 1.807) is 25.4 Å². The molecule has 1 aliphatic heterocycles. The Hall–Kier alpha value is -1.86. The largest absolute Gasteiger partial charge is 0.475 e. The van der Waals surface area contributed by atoms with Crippen LogP contribution in [0.15, 0.2) is 18.3 Å². The highest BCUT2D eigenvalue weighted by molar-refractivity contribution is 5.88. The lowest BCUT2D eigenvalue weighted by atomic mass is 10.00. The van der Waals surface area contributed by atoms with Crippen molar-refractivity contribution in [1.82, 2.24) is 15.4 Å². The van der Waals surface area contributed by atoms with Gasteiger partial charge in [0, 0.05) is 25.3 Å². The number of nitrogens with zero attached hydrogens (tertiary/aromatic N) is 2. The van der Waals surface area contributed by atoms with E-state index in [4.69, 9.17) is 9.47 Å². The van der Waals surface area contributed by atoms with Crippen LogP contribution in [0.3, 0.4) is 0 Å². The van der Waals surface area contributed by atoms with Gasteiger partial charge in [0.05, 0.1) is 18.5 Å². The Bertz CT molecular complexity index is 485. The third kappa shape index (κ3) is 5.37. The van der Waals surface area contributed by atoms with Crippen molar-refractivity contribution in [2.24, 2.45) is 0 Å². The van der Waals surface area contributed by atoms with E-state index in [1.807, 2.05) is 5.01 Å². The number of nitrogens with one attached hydrogen (secondary N) is 2. The average molecular weight is 322 g/mol. The third-order valence-corrected chi connectivity index (χ3v) is 3.96. The molecule has 23 heavy (non-hydrogen) atoms. The van der Waals surface area contributed by atoms with Gasteiger partial charge in [-0.25, -0.2) is 14.8 Å². The summed E-state index contributed by atoms with van der Waals surface area (Å²) in [6, 6.07) is 3.92. The molecule has 2 heterocycles. The van der Waals surface area contributed by atoms with Crippen LogP contribution in [0, 0.1) is 0 Å². The number of hydrogen-bond acceptors (Lipinski definition) is 5. The van der Waals surface area contributed by atoms with Gasteiger partial charge >= 0.3 is 6.03 Å². The molecule has 0 bridgehead atoms. The first-order chi connectivity index (χ1) is 11.1. The van der Waals surface area contributed by atoms with Crippen LogP contribution in [0.2, 0.25) is 0 Å². The van der Waals surface area contributed by atoms with E-state index in [-0.39, 0.29) is 6.03 Å².